The van der Waals surface area contributed by atoms with E-state index in [4.69, 9.17) is 26.8 Å². The molecule has 5 nitrogen and oxygen atoms in total. The molecule has 0 saturated carbocycles. The van der Waals surface area contributed by atoms with Crippen molar-refractivity contribution in [2.45, 2.75) is 12.8 Å². The van der Waals surface area contributed by atoms with Crippen molar-refractivity contribution in [2.24, 2.45) is 0 Å². The van der Waals surface area contributed by atoms with Gasteiger partial charge in [-0.05, 0) is 35.4 Å². The number of anilines is 1. The summed E-state index contributed by atoms with van der Waals surface area (Å²) < 4.78 is 10.9. The molecule has 0 saturated heterocycles. The number of ether oxygens (including phenoxy) is 2. The third kappa shape index (κ3) is 5.21. The van der Waals surface area contributed by atoms with Crippen molar-refractivity contribution in [3.8, 4) is 17.2 Å². The summed E-state index contributed by atoms with van der Waals surface area (Å²) in [5.74, 6) is 2.08. The van der Waals surface area contributed by atoms with E-state index in [2.05, 4.69) is 4.98 Å². The number of halogens is 1. The van der Waals surface area contributed by atoms with E-state index in [1.165, 1.54) is 6.20 Å². The van der Waals surface area contributed by atoms with E-state index in [1.807, 2.05) is 42.5 Å². The van der Waals surface area contributed by atoms with Gasteiger partial charge < -0.3 is 15.2 Å². The Morgan fingerprint density at radius 2 is 1.78 bits per heavy atom. The van der Waals surface area contributed by atoms with Crippen LogP contribution in [0.4, 0.5) is 5.82 Å². The standard InChI is InChI=1S/C21H19ClN2O3/c1-26-18-7-5-14(6-8-18)9-17(25)10-15-3-2-4-19(11-15)27-20-12-16(22)13-24-21(20)23/h2-8,11-13H,9-10H2,1H3,(H2,23,24). The van der Waals surface area contributed by atoms with Gasteiger partial charge in [-0.3, -0.25) is 4.79 Å². The van der Waals surface area contributed by atoms with Gasteiger partial charge in [-0.15, -0.1) is 0 Å². The van der Waals surface area contributed by atoms with E-state index in [-0.39, 0.29) is 11.6 Å². The Labute approximate surface area is 162 Å². The summed E-state index contributed by atoms with van der Waals surface area (Å²) in [6.45, 7) is 0. The number of rotatable bonds is 7. The summed E-state index contributed by atoms with van der Waals surface area (Å²) in [6, 6.07) is 16.4. The van der Waals surface area contributed by atoms with Crippen LogP contribution in [0.25, 0.3) is 0 Å². The van der Waals surface area contributed by atoms with Gasteiger partial charge in [0.1, 0.15) is 17.3 Å². The lowest BCUT2D eigenvalue weighted by atomic mass is 10.0. The van der Waals surface area contributed by atoms with E-state index in [9.17, 15) is 4.79 Å². The smallest absolute Gasteiger partial charge is 0.170 e. The van der Waals surface area contributed by atoms with Crippen LogP contribution >= 0.6 is 11.6 Å². The van der Waals surface area contributed by atoms with E-state index in [1.54, 1.807) is 19.2 Å². The summed E-state index contributed by atoms with van der Waals surface area (Å²) in [5.41, 5.74) is 7.62. The van der Waals surface area contributed by atoms with Gasteiger partial charge in [0.2, 0.25) is 0 Å². The van der Waals surface area contributed by atoms with Crippen LogP contribution in [0.2, 0.25) is 5.02 Å². The number of ketones is 1. The number of nitrogen functional groups attached to an aromatic ring is 1. The molecule has 0 fully saturated rings. The van der Waals surface area contributed by atoms with Gasteiger partial charge in [0.05, 0.1) is 12.1 Å². The van der Waals surface area contributed by atoms with Crippen LogP contribution in [0, 0.1) is 0 Å². The highest BCUT2D eigenvalue weighted by Crippen LogP contribution is 2.29. The number of aromatic nitrogens is 1. The molecule has 0 aliphatic carbocycles. The first-order valence-electron chi connectivity index (χ1n) is 8.36. The Kier molecular flexibility index (Phi) is 5.94. The molecule has 1 aromatic heterocycles. The number of methoxy groups -OCH3 is 1. The first-order valence-corrected chi connectivity index (χ1v) is 8.74. The summed E-state index contributed by atoms with van der Waals surface area (Å²) in [7, 11) is 1.61. The number of benzene rings is 2. The van der Waals surface area contributed by atoms with Gasteiger partial charge in [-0.2, -0.15) is 0 Å². The molecule has 3 rings (SSSR count). The Morgan fingerprint density at radius 3 is 2.52 bits per heavy atom. The molecular formula is C21H19ClN2O3. The Balaban J connectivity index is 1.66. The number of nitrogens with two attached hydrogens (primary N) is 1. The molecule has 0 amide bonds. The maximum atomic E-state index is 12.4. The fourth-order valence-electron chi connectivity index (χ4n) is 2.62. The topological polar surface area (TPSA) is 74.4 Å². The van der Waals surface area contributed by atoms with Gasteiger partial charge in [0.15, 0.2) is 11.6 Å². The molecule has 0 atom stereocenters. The quantitative estimate of drug-likeness (QED) is 0.652. The average molecular weight is 383 g/mol. The zero-order valence-electron chi connectivity index (χ0n) is 14.8. The SMILES string of the molecule is COc1ccc(CC(=O)Cc2cccc(Oc3cc(Cl)cnc3N)c2)cc1. The number of carbonyl (C=O) groups excluding carboxylic acids is 1. The van der Waals surface area contributed by atoms with Crippen molar-refractivity contribution in [3.05, 3.63) is 76.9 Å². The third-order valence-electron chi connectivity index (χ3n) is 3.94. The normalized spacial score (nSPS) is 10.4. The maximum Gasteiger partial charge on any atom is 0.170 e. The minimum absolute atomic E-state index is 0.112. The molecule has 0 radical (unpaired) electrons. The number of Topliss-reactive ketones (excluding diaryl/α,β-unsaturated/α-hetero) is 1. The van der Waals surface area contributed by atoms with E-state index >= 15 is 0 Å². The highest BCUT2D eigenvalue weighted by Gasteiger charge is 2.09. The van der Waals surface area contributed by atoms with E-state index in [0.717, 1.165) is 16.9 Å². The Bertz CT molecular complexity index is 942. The van der Waals surface area contributed by atoms with Crippen LogP contribution in [-0.2, 0) is 17.6 Å². The van der Waals surface area contributed by atoms with Crippen molar-refractivity contribution in [1.29, 1.82) is 0 Å². The zero-order chi connectivity index (χ0) is 19.2. The number of pyridine rings is 1. The number of carbonyl (C=O) groups is 1. The molecule has 0 bridgehead atoms. The molecule has 2 aromatic carbocycles. The highest BCUT2D eigenvalue weighted by molar-refractivity contribution is 6.30. The minimum atomic E-state index is 0.112. The van der Waals surface area contributed by atoms with Crippen LogP contribution in [0.1, 0.15) is 11.1 Å². The van der Waals surface area contributed by atoms with Crippen molar-refractivity contribution in [1.82, 2.24) is 4.98 Å². The molecule has 2 N–H and O–H groups in total. The van der Waals surface area contributed by atoms with Crippen molar-refractivity contribution in [2.75, 3.05) is 12.8 Å². The lowest BCUT2D eigenvalue weighted by molar-refractivity contribution is -0.117. The van der Waals surface area contributed by atoms with E-state index < -0.39 is 0 Å². The summed E-state index contributed by atoms with van der Waals surface area (Å²) in [4.78, 5) is 16.3. The predicted molar refractivity (Wildman–Crippen MR) is 106 cm³/mol. The van der Waals surface area contributed by atoms with Crippen LogP contribution in [-0.4, -0.2) is 17.9 Å². The van der Waals surface area contributed by atoms with Crippen LogP contribution in [0.15, 0.2) is 60.8 Å². The molecule has 3 aromatic rings. The minimum Gasteiger partial charge on any atom is -0.497 e. The first kappa shape index (κ1) is 18.7. The molecule has 0 aliphatic rings. The lowest BCUT2D eigenvalue weighted by Gasteiger charge is -2.09. The predicted octanol–water partition coefficient (Wildman–Crippen LogP) is 4.47. The summed E-state index contributed by atoms with van der Waals surface area (Å²) in [6.07, 6.45) is 2.13. The molecule has 1 heterocycles. The fourth-order valence-corrected chi connectivity index (χ4v) is 2.77. The van der Waals surface area contributed by atoms with E-state index in [0.29, 0.717) is 29.4 Å². The molecule has 0 spiro atoms. The van der Waals surface area contributed by atoms with Gasteiger partial charge in [-0.25, -0.2) is 4.98 Å². The van der Waals surface area contributed by atoms with Crippen LogP contribution in [0.3, 0.4) is 0 Å². The molecule has 138 valence electrons. The largest absolute Gasteiger partial charge is 0.497 e. The Morgan fingerprint density at radius 1 is 1.04 bits per heavy atom. The van der Waals surface area contributed by atoms with Crippen LogP contribution in [0.5, 0.6) is 17.2 Å². The Hall–Kier alpha value is -3.05. The fraction of sp³-hybridized carbons (Fsp3) is 0.143. The monoisotopic (exact) mass is 382 g/mol. The molecule has 0 unspecified atom stereocenters. The van der Waals surface area contributed by atoms with Gasteiger partial charge in [0.25, 0.3) is 0 Å². The third-order valence-corrected chi connectivity index (χ3v) is 4.14. The molecule has 27 heavy (non-hydrogen) atoms. The highest BCUT2D eigenvalue weighted by atomic mass is 35.5. The average Bonchev–Trinajstić information content (AvgIpc) is 2.65. The molecule has 6 heteroatoms. The molecular weight excluding hydrogens is 364 g/mol. The maximum absolute atomic E-state index is 12.4. The second kappa shape index (κ2) is 8.56. The summed E-state index contributed by atoms with van der Waals surface area (Å²) in [5, 5.41) is 0.435. The molecule has 0 aliphatic heterocycles. The van der Waals surface area contributed by atoms with Crippen molar-refractivity contribution < 1.29 is 14.3 Å². The van der Waals surface area contributed by atoms with Crippen LogP contribution < -0.4 is 15.2 Å². The van der Waals surface area contributed by atoms with Crippen molar-refractivity contribution >= 4 is 23.2 Å². The number of hydrogen-bond acceptors (Lipinski definition) is 5. The lowest BCUT2D eigenvalue weighted by Crippen LogP contribution is -2.06. The zero-order valence-corrected chi connectivity index (χ0v) is 15.6. The second-order valence-corrected chi connectivity index (χ2v) is 6.46. The first-order chi connectivity index (χ1) is 13.0. The summed E-state index contributed by atoms with van der Waals surface area (Å²) >= 11 is 5.93. The van der Waals surface area contributed by atoms with Gasteiger partial charge in [-0.1, -0.05) is 35.9 Å². The second-order valence-electron chi connectivity index (χ2n) is 6.03. The van der Waals surface area contributed by atoms with Crippen molar-refractivity contribution in [3.63, 3.8) is 0 Å². The number of hydrogen-bond donors (Lipinski definition) is 1. The van der Waals surface area contributed by atoms with Gasteiger partial charge in [0, 0.05) is 25.1 Å². The number of nitrogens with zero attached hydrogens (tertiary/aromatic N) is 1. The van der Waals surface area contributed by atoms with Gasteiger partial charge >= 0.3 is 0 Å².